The van der Waals surface area contributed by atoms with E-state index in [0.29, 0.717) is 35.3 Å². The molecular formula is C27H36F4. The lowest BCUT2D eigenvalue weighted by molar-refractivity contribution is 0.130. The molecule has 2 saturated carbocycles. The van der Waals surface area contributed by atoms with Gasteiger partial charge in [-0.2, -0.15) is 8.78 Å². The molecule has 1 aromatic carbocycles. The van der Waals surface area contributed by atoms with Crippen LogP contribution < -0.4 is 0 Å². The molecule has 2 fully saturated rings. The number of hydrogen-bond acceptors (Lipinski definition) is 0. The van der Waals surface area contributed by atoms with Crippen LogP contribution in [0.1, 0.15) is 100 Å². The number of rotatable bonds is 6. The second kappa shape index (κ2) is 10.1. The van der Waals surface area contributed by atoms with Gasteiger partial charge in [-0.3, -0.25) is 0 Å². The molecule has 1 aromatic rings. The number of unbranched alkanes of at least 4 members (excludes halogenated alkanes) is 2. The maximum atomic E-state index is 15.2. The third-order valence-electron chi connectivity index (χ3n) is 8.41. The summed E-state index contributed by atoms with van der Waals surface area (Å²) in [6.07, 6.45) is 12.0. The highest BCUT2D eigenvalue weighted by Gasteiger charge is 2.37. The van der Waals surface area contributed by atoms with E-state index in [-0.39, 0.29) is 11.8 Å². The van der Waals surface area contributed by atoms with Crippen LogP contribution in [0.3, 0.4) is 0 Å². The fourth-order valence-corrected chi connectivity index (χ4v) is 6.70. The Balaban J connectivity index is 1.44. The minimum absolute atomic E-state index is 0.0222. The fraction of sp³-hybridized carbons (Fsp3) is 0.704. The van der Waals surface area contributed by atoms with Gasteiger partial charge in [0.2, 0.25) is 0 Å². The highest BCUT2D eigenvalue weighted by Crippen LogP contribution is 2.49. The van der Waals surface area contributed by atoms with Crippen LogP contribution in [0.15, 0.2) is 18.2 Å². The summed E-state index contributed by atoms with van der Waals surface area (Å²) in [6.45, 7) is 2.19. The van der Waals surface area contributed by atoms with Gasteiger partial charge in [0.05, 0.1) is 0 Å². The van der Waals surface area contributed by atoms with Crippen LogP contribution in [0, 0.1) is 35.3 Å². The highest BCUT2D eigenvalue weighted by molar-refractivity contribution is 5.38. The van der Waals surface area contributed by atoms with Crippen molar-refractivity contribution in [2.45, 2.75) is 96.3 Å². The molecule has 4 heteroatoms. The highest BCUT2D eigenvalue weighted by atomic mass is 19.3. The van der Waals surface area contributed by atoms with Crippen LogP contribution in [-0.4, -0.2) is 0 Å². The lowest BCUT2D eigenvalue weighted by atomic mass is 9.63. The molecular weight excluding hydrogens is 400 g/mol. The zero-order chi connectivity index (χ0) is 22.0. The molecule has 31 heavy (non-hydrogen) atoms. The summed E-state index contributed by atoms with van der Waals surface area (Å²) in [5, 5.41) is 0. The average Bonchev–Trinajstić information content (AvgIpc) is 2.76. The summed E-state index contributed by atoms with van der Waals surface area (Å²) in [4.78, 5) is 0. The van der Waals surface area contributed by atoms with E-state index in [2.05, 4.69) is 6.92 Å². The van der Waals surface area contributed by atoms with E-state index in [1.807, 2.05) is 6.07 Å². The predicted octanol–water partition coefficient (Wildman–Crippen LogP) is 8.73. The summed E-state index contributed by atoms with van der Waals surface area (Å²) >= 11 is 0. The summed E-state index contributed by atoms with van der Waals surface area (Å²) in [7, 11) is 0. The number of halogens is 4. The van der Waals surface area contributed by atoms with E-state index in [1.54, 1.807) is 0 Å². The molecule has 0 radical (unpaired) electrons. The molecule has 0 nitrogen and oxygen atoms in total. The van der Waals surface area contributed by atoms with Crippen LogP contribution in [0.2, 0.25) is 0 Å². The molecule has 5 unspecified atom stereocenters. The topological polar surface area (TPSA) is 0 Å². The lowest BCUT2D eigenvalue weighted by Gasteiger charge is -2.42. The van der Waals surface area contributed by atoms with E-state index in [4.69, 9.17) is 0 Å². The van der Waals surface area contributed by atoms with Crippen molar-refractivity contribution < 1.29 is 17.6 Å². The molecule has 3 aliphatic rings. The van der Waals surface area contributed by atoms with Crippen molar-refractivity contribution in [2.24, 2.45) is 23.7 Å². The summed E-state index contributed by atoms with van der Waals surface area (Å²) in [5.41, 5.74) is 2.23. The smallest absolute Gasteiger partial charge is 0.203 e. The first kappa shape index (κ1) is 22.9. The van der Waals surface area contributed by atoms with Crippen molar-refractivity contribution in [3.05, 3.63) is 46.5 Å². The standard InChI is InChI=1S/C27H36F4/c1-2-3-4-5-17-6-9-22-16-24(27(31)26(30)23(22)13-17)21-11-10-19-12-18(14-25(28)29)7-8-20(19)15-21/h14,16-21H,2-13,15H2,1H3. The maximum Gasteiger partial charge on any atom is 0.266 e. The minimum atomic E-state index is -1.57. The third-order valence-corrected chi connectivity index (χ3v) is 8.41. The Bertz CT molecular complexity index is 795. The van der Waals surface area contributed by atoms with Crippen molar-refractivity contribution in [3.8, 4) is 0 Å². The Kier molecular flexibility index (Phi) is 7.44. The van der Waals surface area contributed by atoms with Gasteiger partial charge in [0.15, 0.2) is 11.6 Å². The average molecular weight is 437 g/mol. The van der Waals surface area contributed by atoms with E-state index in [0.717, 1.165) is 69.4 Å². The largest absolute Gasteiger partial charge is 0.266 e. The molecule has 5 atom stereocenters. The van der Waals surface area contributed by atoms with Gasteiger partial charge < -0.3 is 0 Å². The number of aryl methyl sites for hydroxylation is 1. The Hall–Kier alpha value is -1.32. The van der Waals surface area contributed by atoms with Gasteiger partial charge in [-0.05, 0) is 110 Å². The van der Waals surface area contributed by atoms with E-state index >= 15 is 8.78 Å². The van der Waals surface area contributed by atoms with E-state index < -0.39 is 17.7 Å². The van der Waals surface area contributed by atoms with Crippen molar-refractivity contribution in [1.82, 2.24) is 0 Å². The monoisotopic (exact) mass is 436 g/mol. The quantitative estimate of drug-likeness (QED) is 0.309. The van der Waals surface area contributed by atoms with Gasteiger partial charge in [0.25, 0.3) is 6.08 Å². The second-order valence-electron chi connectivity index (χ2n) is 10.4. The van der Waals surface area contributed by atoms with Gasteiger partial charge >= 0.3 is 0 Å². The molecule has 172 valence electrons. The maximum absolute atomic E-state index is 15.2. The van der Waals surface area contributed by atoms with Crippen molar-refractivity contribution in [3.63, 3.8) is 0 Å². The number of fused-ring (bicyclic) bond motifs is 2. The Labute approximate surface area is 184 Å². The van der Waals surface area contributed by atoms with Gasteiger partial charge in [-0.15, -0.1) is 0 Å². The normalized spacial score (nSPS) is 30.4. The van der Waals surface area contributed by atoms with E-state index in [9.17, 15) is 8.78 Å². The molecule has 0 bridgehead atoms. The van der Waals surface area contributed by atoms with Crippen molar-refractivity contribution in [2.75, 3.05) is 0 Å². The number of allylic oxidation sites excluding steroid dienone is 1. The van der Waals surface area contributed by atoms with Gasteiger partial charge in [-0.25, -0.2) is 8.78 Å². The van der Waals surface area contributed by atoms with Crippen LogP contribution in [0.4, 0.5) is 17.6 Å². The Morgan fingerprint density at radius 3 is 2.52 bits per heavy atom. The van der Waals surface area contributed by atoms with Crippen LogP contribution in [0.25, 0.3) is 0 Å². The van der Waals surface area contributed by atoms with E-state index in [1.165, 1.54) is 19.3 Å². The minimum Gasteiger partial charge on any atom is -0.203 e. The van der Waals surface area contributed by atoms with Gasteiger partial charge in [-0.1, -0.05) is 38.7 Å². The number of hydrogen-bond donors (Lipinski definition) is 0. The first-order valence-corrected chi connectivity index (χ1v) is 12.5. The summed E-state index contributed by atoms with van der Waals surface area (Å²) in [6, 6.07) is 1.98. The molecule has 0 aromatic heterocycles. The Morgan fingerprint density at radius 1 is 0.968 bits per heavy atom. The Morgan fingerprint density at radius 2 is 1.74 bits per heavy atom. The van der Waals surface area contributed by atoms with Crippen LogP contribution in [0.5, 0.6) is 0 Å². The molecule has 0 amide bonds. The lowest BCUT2D eigenvalue weighted by Crippen LogP contribution is -2.30. The zero-order valence-electron chi connectivity index (χ0n) is 18.7. The molecule has 0 aliphatic heterocycles. The van der Waals surface area contributed by atoms with Gasteiger partial charge in [0, 0.05) is 0 Å². The molecule has 0 heterocycles. The SMILES string of the molecule is CCCCCC1CCc2cc(C3CCC4CC(C=C(F)F)CCC4C3)c(F)c(F)c2C1. The molecule has 0 spiro atoms. The summed E-state index contributed by atoms with van der Waals surface area (Å²) in [5.74, 6) is 0.203. The fourth-order valence-electron chi connectivity index (χ4n) is 6.70. The second-order valence-corrected chi connectivity index (χ2v) is 10.4. The van der Waals surface area contributed by atoms with Crippen LogP contribution >= 0.6 is 0 Å². The predicted molar refractivity (Wildman–Crippen MR) is 117 cm³/mol. The molecule has 3 aliphatic carbocycles. The number of benzene rings is 1. The van der Waals surface area contributed by atoms with Crippen LogP contribution in [-0.2, 0) is 12.8 Å². The van der Waals surface area contributed by atoms with Crippen molar-refractivity contribution in [1.29, 1.82) is 0 Å². The third kappa shape index (κ3) is 5.20. The molecule has 0 N–H and O–H groups in total. The van der Waals surface area contributed by atoms with Gasteiger partial charge in [0.1, 0.15) is 0 Å². The van der Waals surface area contributed by atoms with Crippen molar-refractivity contribution >= 4 is 0 Å². The summed E-state index contributed by atoms with van der Waals surface area (Å²) < 4.78 is 55.6. The first-order chi connectivity index (χ1) is 15.0. The first-order valence-electron chi connectivity index (χ1n) is 12.5. The zero-order valence-corrected chi connectivity index (χ0v) is 18.7. The molecule has 0 saturated heterocycles. The molecule has 4 rings (SSSR count).